The van der Waals surface area contributed by atoms with Gasteiger partial charge in [0.05, 0.1) is 4.88 Å². The van der Waals surface area contributed by atoms with Crippen molar-refractivity contribution in [1.29, 1.82) is 0 Å². The van der Waals surface area contributed by atoms with Crippen molar-refractivity contribution in [1.82, 2.24) is 10.2 Å². The van der Waals surface area contributed by atoms with Crippen LogP contribution >= 0.6 is 23.7 Å². The molecule has 5 heteroatoms. The van der Waals surface area contributed by atoms with Gasteiger partial charge in [0.2, 0.25) is 0 Å². The fourth-order valence-electron chi connectivity index (χ4n) is 3.05. The van der Waals surface area contributed by atoms with Crippen LogP contribution in [0.4, 0.5) is 0 Å². The number of hydrogen-bond donors (Lipinski definition) is 1. The maximum atomic E-state index is 12.6. The summed E-state index contributed by atoms with van der Waals surface area (Å²) in [5.41, 5.74) is 1.44. The van der Waals surface area contributed by atoms with Gasteiger partial charge in [-0.3, -0.25) is 4.79 Å². The van der Waals surface area contributed by atoms with Gasteiger partial charge < -0.3 is 10.2 Å². The van der Waals surface area contributed by atoms with Crippen LogP contribution in [0.25, 0.3) is 0 Å². The normalized spacial score (nSPS) is 22.6. The SMILES string of the molecule is C[C@@H]1CN(C(=O)c2cc3c(s2)CCCCC3)CCN1.Cl. The number of fused-ring (bicyclic) bond motifs is 1. The van der Waals surface area contributed by atoms with Crippen molar-refractivity contribution in [3.8, 4) is 0 Å². The van der Waals surface area contributed by atoms with E-state index >= 15 is 0 Å². The molecule has 112 valence electrons. The summed E-state index contributed by atoms with van der Waals surface area (Å²) >= 11 is 1.74. The minimum Gasteiger partial charge on any atom is -0.335 e. The van der Waals surface area contributed by atoms with E-state index in [-0.39, 0.29) is 18.3 Å². The van der Waals surface area contributed by atoms with Crippen molar-refractivity contribution < 1.29 is 4.79 Å². The Kier molecular flexibility index (Phi) is 5.47. The quantitative estimate of drug-likeness (QED) is 0.808. The van der Waals surface area contributed by atoms with Gasteiger partial charge in [-0.25, -0.2) is 0 Å². The Labute approximate surface area is 131 Å². The van der Waals surface area contributed by atoms with E-state index in [2.05, 4.69) is 18.3 Å². The van der Waals surface area contributed by atoms with Crippen LogP contribution in [0, 0.1) is 0 Å². The van der Waals surface area contributed by atoms with Crippen molar-refractivity contribution in [2.75, 3.05) is 19.6 Å². The Hall–Kier alpha value is -0.580. The molecule has 1 aliphatic heterocycles. The highest BCUT2D eigenvalue weighted by atomic mass is 35.5. The van der Waals surface area contributed by atoms with Crippen molar-refractivity contribution in [2.45, 2.75) is 45.1 Å². The lowest BCUT2D eigenvalue weighted by molar-refractivity contribution is 0.0714. The van der Waals surface area contributed by atoms with Crippen LogP contribution in [-0.4, -0.2) is 36.5 Å². The molecular weight excluding hydrogens is 292 g/mol. The predicted octanol–water partition coefficient (Wildman–Crippen LogP) is 2.87. The van der Waals surface area contributed by atoms with Gasteiger partial charge in [0, 0.05) is 30.6 Å². The number of carbonyl (C=O) groups is 1. The number of nitrogens with one attached hydrogen (secondary N) is 1. The largest absolute Gasteiger partial charge is 0.335 e. The summed E-state index contributed by atoms with van der Waals surface area (Å²) in [6, 6.07) is 2.58. The van der Waals surface area contributed by atoms with E-state index < -0.39 is 0 Å². The zero-order valence-corrected chi connectivity index (χ0v) is 13.6. The molecule has 0 bridgehead atoms. The van der Waals surface area contributed by atoms with Crippen LogP contribution in [0.1, 0.15) is 46.3 Å². The summed E-state index contributed by atoms with van der Waals surface area (Å²) in [7, 11) is 0. The highest BCUT2D eigenvalue weighted by Gasteiger charge is 2.24. The van der Waals surface area contributed by atoms with Crippen molar-refractivity contribution in [3.63, 3.8) is 0 Å². The molecule has 1 fully saturated rings. The zero-order chi connectivity index (χ0) is 13.2. The Morgan fingerprint density at radius 2 is 2.15 bits per heavy atom. The van der Waals surface area contributed by atoms with Crippen LogP contribution in [-0.2, 0) is 12.8 Å². The summed E-state index contributed by atoms with van der Waals surface area (Å²) in [6.45, 7) is 4.73. The minimum absolute atomic E-state index is 0. The number of piperazine rings is 1. The first-order chi connectivity index (χ1) is 9.24. The van der Waals surface area contributed by atoms with Gasteiger partial charge in [0.15, 0.2) is 0 Å². The highest BCUT2D eigenvalue weighted by molar-refractivity contribution is 7.14. The molecule has 1 amide bonds. The minimum atomic E-state index is 0. The van der Waals surface area contributed by atoms with E-state index in [1.54, 1.807) is 11.3 Å². The van der Waals surface area contributed by atoms with Gasteiger partial charge in [-0.05, 0) is 44.2 Å². The second kappa shape index (κ2) is 6.92. The van der Waals surface area contributed by atoms with E-state index in [9.17, 15) is 4.79 Å². The van der Waals surface area contributed by atoms with E-state index in [0.29, 0.717) is 6.04 Å². The first-order valence-corrected chi connectivity index (χ1v) is 8.20. The van der Waals surface area contributed by atoms with Gasteiger partial charge in [-0.15, -0.1) is 23.7 Å². The fraction of sp³-hybridized carbons (Fsp3) is 0.667. The van der Waals surface area contributed by atoms with Crippen LogP contribution < -0.4 is 5.32 Å². The van der Waals surface area contributed by atoms with E-state index in [0.717, 1.165) is 30.9 Å². The Morgan fingerprint density at radius 3 is 2.95 bits per heavy atom. The average Bonchev–Trinajstić information content (AvgIpc) is 2.69. The van der Waals surface area contributed by atoms with Crippen molar-refractivity contribution in [2.24, 2.45) is 0 Å². The van der Waals surface area contributed by atoms with Gasteiger partial charge in [-0.2, -0.15) is 0 Å². The Bertz CT molecular complexity index is 451. The maximum Gasteiger partial charge on any atom is 0.264 e. The molecule has 1 saturated heterocycles. The van der Waals surface area contributed by atoms with Crippen molar-refractivity contribution in [3.05, 3.63) is 21.4 Å². The van der Waals surface area contributed by atoms with Gasteiger partial charge >= 0.3 is 0 Å². The number of rotatable bonds is 1. The van der Waals surface area contributed by atoms with Crippen LogP contribution in [0.3, 0.4) is 0 Å². The second-order valence-corrected chi connectivity index (χ2v) is 6.86. The molecule has 0 spiro atoms. The lowest BCUT2D eigenvalue weighted by Crippen LogP contribution is -2.51. The number of aryl methyl sites for hydroxylation is 2. The molecule has 1 aromatic rings. The number of nitrogens with zero attached hydrogens (tertiary/aromatic N) is 1. The van der Waals surface area contributed by atoms with E-state index in [1.807, 2.05) is 4.90 Å². The smallest absolute Gasteiger partial charge is 0.264 e. The molecule has 3 nitrogen and oxygen atoms in total. The molecule has 2 aliphatic rings. The van der Waals surface area contributed by atoms with Gasteiger partial charge in [0.1, 0.15) is 0 Å². The first-order valence-electron chi connectivity index (χ1n) is 7.38. The maximum absolute atomic E-state index is 12.6. The number of thiophene rings is 1. The molecule has 1 aromatic heterocycles. The summed E-state index contributed by atoms with van der Waals surface area (Å²) in [4.78, 5) is 17.0. The lowest BCUT2D eigenvalue weighted by Gasteiger charge is -2.31. The molecule has 0 saturated carbocycles. The lowest BCUT2D eigenvalue weighted by atomic mass is 10.1. The Balaban J connectivity index is 0.00000147. The molecule has 1 aliphatic carbocycles. The van der Waals surface area contributed by atoms with E-state index in [1.165, 1.54) is 36.1 Å². The summed E-state index contributed by atoms with van der Waals surface area (Å²) in [6.07, 6.45) is 6.23. The topological polar surface area (TPSA) is 32.3 Å². The molecule has 20 heavy (non-hydrogen) atoms. The molecule has 1 atom stereocenters. The average molecular weight is 315 g/mol. The van der Waals surface area contributed by atoms with Crippen LogP contribution in [0.15, 0.2) is 6.07 Å². The molecule has 0 aromatic carbocycles. The molecule has 3 rings (SSSR count). The van der Waals surface area contributed by atoms with E-state index in [4.69, 9.17) is 0 Å². The van der Waals surface area contributed by atoms with Gasteiger partial charge in [0.25, 0.3) is 5.91 Å². The summed E-state index contributed by atoms with van der Waals surface area (Å²) < 4.78 is 0. The summed E-state index contributed by atoms with van der Waals surface area (Å²) in [5, 5.41) is 3.38. The summed E-state index contributed by atoms with van der Waals surface area (Å²) in [5.74, 6) is 0.242. The number of carbonyl (C=O) groups excluding carboxylic acids is 1. The zero-order valence-electron chi connectivity index (χ0n) is 12.0. The van der Waals surface area contributed by atoms with Crippen molar-refractivity contribution >= 4 is 29.7 Å². The number of halogens is 1. The fourth-order valence-corrected chi connectivity index (χ4v) is 4.27. The van der Waals surface area contributed by atoms with Crippen LogP contribution in [0.2, 0.25) is 0 Å². The third-order valence-electron chi connectivity index (χ3n) is 4.11. The monoisotopic (exact) mass is 314 g/mol. The number of hydrogen-bond acceptors (Lipinski definition) is 3. The van der Waals surface area contributed by atoms with Gasteiger partial charge in [-0.1, -0.05) is 6.42 Å². The molecule has 2 heterocycles. The molecule has 1 N–H and O–H groups in total. The molecule has 0 unspecified atom stereocenters. The third kappa shape index (κ3) is 3.35. The second-order valence-electron chi connectivity index (χ2n) is 5.73. The highest BCUT2D eigenvalue weighted by Crippen LogP contribution is 2.29. The predicted molar refractivity (Wildman–Crippen MR) is 86.2 cm³/mol. The Morgan fingerprint density at radius 1 is 1.35 bits per heavy atom. The molecular formula is C15H23ClN2OS. The number of amides is 1. The molecule has 0 radical (unpaired) electrons. The standard InChI is InChI=1S/C15H22N2OS.ClH/c1-11-10-17(8-7-16-11)15(18)14-9-12-5-3-2-4-6-13(12)19-14;/h9,11,16H,2-8,10H2,1H3;1H/t11-;/m1./s1. The van der Waals surface area contributed by atoms with Crippen LogP contribution in [0.5, 0.6) is 0 Å². The third-order valence-corrected chi connectivity index (χ3v) is 5.34. The first kappa shape index (κ1) is 15.8.